The first-order chi connectivity index (χ1) is 9.34. The molecule has 1 atom stereocenters. The highest BCUT2D eigenvalue weighted by molar-refractivity contribution is 5.32. The molecule has 3 rings (SSSR count). The maximum Gasteiger partial charge on any atom is 0.0452 e. The van der Waals surface area contributed by atoms with Gasteiger partial charge >= 0.3 is 0 Å². The first kappa shape index (κ1) is 13.1. The summed E-state index contributed by atoms with van der Waals surface area (Å²) in [5, 5.41) is 3.70. The van der Waals surface area contributed by atoms with Crippen molar-refractivity contribution in [3.05, 3.63) is 35.4 Å². The highest BCUT2D eigenvalue weighted by Crippen LogP contribution is 2.26. The average Bonchev–Trinajstić information content (AvgIpc) is 2.48. The number of benzene rings is 1. The fourth-order valence-electron chi connectivity index (χ4n) is 3.71. The van der Waals surface area contributed by atoms with E-state index < -0.39 is 0 Å². The number of fused-ring (bicyclic) bond motifs is 1. The summed E-state index contributed by atoms with van der Waals surface area (Å²) < 4.78 is 0. The molecule has 1 aliphatic carbocycles. The van der Waals surface area contributed by atoms with Gasteiger partial charge in [0.2, 0.25) is 0 Å². The Labute approximate surface area is 117 Å². The van der Waals surface area contributed by atoms with E-state index in [1.54, 1.807) is 5.56 Å². The lowest BCUT2D eigenvalue weighted by atomic mass is 9.91. The number of rotatable bonds is 3. The van der Waals surface area contributed by atoms with Crippen LogP contribution in [-0.2, 0) is 6.42 Å². The number of hydrogen-bond acceptors (Lipinski definition) is 2. The fraction of sp³-hybridized carbons (Fsp3) is 0.647. The molecule has 1 unspecified atom stereocenters. The summed E-state index contributed by atoms with van der Waals surface area (Å²) in [4.78, 5) is 2.60. The van der Waals surface area contributed by atoms with E-state index in [0.717, 1.165) is 19.1 Å². The molecule has 1 saturated carbocycles. The third-order valence-corrected chi connectivity index (χ3v) is 4.88. The number of likely N-dealkylation sites (N-methyl/N-ethyl adjacent to an activating group) is 1. The van der Waals surface area contributed by atoms with Gasteiger partial charge in [-0.1, -0.05) is 43.5 Å². The van der Waals surface area contributed by atoms with Gasteiger partial charge in [-0.25, -0.2) is 0 Å². The highest BCUT2D eigenvalue weighted by Gasteiger charge is 2.24. The number of hydrogen-bond donors (Lipinski definition) is 1. The molecule has 0 bridgehead atoms. The van der Waals surface area contributed by atoms with Gasteiger partial charge in [-0.15, -0.1) is 0 Å². The Morgan fingerprint density at radius 1 is 1.16 bits per heavy atom. The Bertz CT molecular complexity index is 409. The van der Waals surface area contributed by atoms with Crippen LogP contribution in [-0.4, -0.2) is 31.1 Å². The molecule has 1 aromatic carbocycles. The van der Waals surface area contributed by atoms with Gasteiger partial charge < -0.3 is 10.2 Å². The van der Waals surface area contributed by atoms with Crippen LogP contribution in [0.4, 0.5) is 0 Å². The van der Waals surface area contributed by atoms with Gasteiger partial charge in [0.1, 0.15) is 0 Å². The van der Waals surface area contributed by atoms with Crippen molar-refractivity contribution < 1.29 is 0 Å². The second-order valence-electron chi connectivity index (χ2n) is 6.19. The van der Waals surface area contributed by atoms with E-state index in [-0.39, 0.29) is 0 Å². The van der Waals surface area contributed by atoms with E-state index in [4.69, 9.17) is 0 Å². The van der Waals surface area contributed by atoms with Crippen molar-refractivity contribution in [2.45, 2.75) is 50.6 Å². The lowest BCUT2D eigenvalue weighted by Gasteiger charge is -2.36. The third kappa shape index (κ3) is 3.01. The molecule has 1 fully saturated rings. The normalized spacial score (nSPS) is 24.4. The molecule has 1 aromatic rings. The molecule has 0 spiro atoms. The van der Waals surface area contributed by atoms with Crippen LogP contribution in [0.1, 0.15) is 49.3 Å². The van der Waals surface area contributed by atoms with E-state index in [9.17, 15) is 0 Å². The first-order valence-corrected chi connectivity index (χ1v) is 7.86. The smallest absolute Gasteiger partial charge is 0.0452 e. The Balaban J connectivity index is 1.66. The summed E-state index contributed by atoms with van der Waals surface area (Å²) in [5.41, 5.74) is 3.07. The predicted molar refractivity (Wildman–Crippen MR) is 80.4 cm³/mol. The summed E-state index contributed by atoms with van der Waals surface area (Å²) in [6.07, 6.45) is 8.25. The van der Waals surface area contributed by atoms with E-state index in [2.05, 4.69) is 41.5 Å². The first-order valence-electron chi connectivity index (χ1n) is 7.86. The Morgan fingerprint density at radius 2 is 1.95 bits per heavy atom. The van der Waals surface area contributed by atoms with Crippen molar-refractivity contribution in [1.29, 1.82) is 0 Å². The summed E-state index contributed by atoms with van der Waals surface area (Å²) in [5.74, 6) is 0. The lowest BCUT2D eigenvalue weighted by molar-refractivity contribution is 0.172. The van der Waals surface area contributed by atoms with Crippen LogP contribution in [0, 0.1) is 0 Å². The van der Waals surface area contributed by atoms with Gasteiger partial charge in [0, 0.05) is 18.6 Å². The van der Waals surface area contributed by atoms with E-state index in [0.29, 0.717) is 6.04 Å². The zero-order valence-corrected chi connectivity index (χ0v) is 12.1. The zero-order chi connectivity index (χ0) is 13.1. The van der Waals surface area contributed by atoms with E-state index in [1.165, 1.54) is 44.1 Å². The molecule has 0 radical (unpaired) electrons. The van der Waals surface area contributed by atoms with Crippen LogP contribution in [0.25, 0.3) is 0 Å². The minimum Gasteiger partial charge on any atom is -0.309 e. The highest BCUT2D eigenvalue weighted by atomic mass is 15.2. The molecule has 19 heavy (non-hydrogen) atoms. The summed E-state index contributed by atoms with van der Waals surface area (Å²) in [6, 6.07) is 10.3. The van der Waals surface area contributed by atoms with E-state index >= 15 is 0 Å². The molecule has 2 aliphatic rings. The summed E-state index contributed by atoms with van der Waals surface area (Å²) in [6.45, 7) is 2.28. The maximum absolute atomic E-state index is 3.70. The van der Waals surface area contributed by atoms with Crippen molar-refractivity contribution >= 4 is 0 Å². The van der Waals surface area contributed by atoms with Gasteiger partial charge in [-0.3, -0.25) is 0 Å². The van der Waals surface area contributed by atoms with Gasteiger partial charge in [0.25, 0.3) is 0 Å². The van der Waals surface area contributed by atoms with Crippen molar-refractivity contribution in [1.82, 2.24) is 10.2 Å². The van der Waals surface area contributed by atoms with Crippen LogP contribution < -0.4 is 5.32 Å². The molecule has 2 nitrogen and oxygen atoms in total. The van der Waals surface area contributed by atoms with Crippen molar-refractivity contribution in [2.75, 3.05) is 20.1 Å². The number of nitrogens with zero attached hydrogens (tertiary/aromatic N) is 1. The molecular weight excluding hydrogens is 232 g/mol. The second-order valence-corrected chi connectivity index (χ2v) is 6.19. The second kappa shape index (κ2) is 6.06. The molecule has 104 valence electrons. The molecular formula is C17H26N2. The van der Waals surface area contributed by atoms with Gasteiger partial charge in [-0.05, 0) is 44.0 Å². The maximum atomic E-state index is 3.70. The van der Waals surface area contributed by atoms with Crippen LogP contribution in [0.15, 0.2) is 24.3 Å². The average molecular weight is 258 g/mol. The topological polar surface area (TPSA) is 15.3 Å². The Kier molecular flexibility index (Phi) is 4.19. The predicted octanol–water partition coefficient (Wildman–Crippen LogP) is 3.14. The molecule has 0 saturated heterocycles. The molecule has 1 heterocycles. The quantitative estimate of drug-likeness (QED) is 0.896. The SMILES string of the molecule is CN(CC1NCCc2ccccc21)C1CCCCC1. The third-order valence-electron chi connectivity index (χ3n) is 4.88. The van der Waals surface area contributed by atoms with Gasteiger partial charge in [-0.2, -0.15) is 0 Å². The fourth-order valence-corrected chi connectivity index (χ4v) is 3.71. The summed E-state index contributed by atoms with van der Waals surface area (Å²) in [7, 11) is 2.31. The van der Waals surface area contributed by atoms with Crippen molar-refractivity contribution in [3.63, 3.8) is 0 Å². The molecule has 1 aliphatic heterocycles. The van der Waals surface area contributed by atoms with E-state index in [1.807, 2.05) is 0 Å². The molecule has 0 amide bonds. The van der Waals surface area contributed by atoms with Crippen molar-refractivity contribution in [2.24, 2.45) is 0 Å². The van der Waals surface area contributed by atoms with Gasteiger partial charge in [0.05, 0.1) is 0 Å². The number of nitrogens with one attached hydrogen (secondary N) is 1. The van der Waals surface area contributed by atoms with Crippen LogP contribution >= 0.6 is 0 Å². The molecule has 1 N–H and O–H groups in total. The van der Waals surface area contributed by atoms with Crippen LogP contribution in [0.5, 0.6) is 0 Å². The van der Waals surface area contributed by atoms with Gasteiger partial charge in [0.15, 0.2) is 0 Å². The lowest BCUT2D eigenvalue weighted by Crippen LogP contribution is -2.42. The monoisotopic (exact) mass is 258 g/mol. The van der Waals surface area contributed by atoms with Crippen molar-refractivity contribution in [3.8, 4) is 0 Å². The minimum atomic E-state index is 0.525. The minimum absolute atomic E-state index is 0.525. The zero-order valence-electron chi connectivity index (χ0n) is 12.1. The Hall–Kier alpha value is -0.860. The van der Waals surface area contributed by atoms with Crippen LogP contribution in [0.2, 0.25) is 0 Å². The van der Waals surface area contributed by atoms with Crippen LogP contribution in [0.3, 0.4) is 0 Å². The molecule has 0 aromatic heterocycles. The summed E-state index contributed by atoms with van der Waals surface area (Å²) >= 11 is 0. The largest absolute Gasteiger partial charge is 0.309 e. The Morgan fingerprint density at radius 3 is 2.79 bits per heavy atom. The standard InChI is InChI=1S/C17H26N2/c1-19(15-8-3-2-4-9-15)13-17-16-10-6-5-7-14(16)11-12-18-17/h5-7,10,15,17-18H,2-4,8-9,11-13H2,1H3. The molecule has 2 heteroatoms.